The van der Waals surface area contributed by atoms with Gasteiger partial charge in [-0.25, -0.2) is 0 Å². The number of ether oxygens (including phenoxy) is 1. The molecule has 0 N–H and O–H groups in total. The third-order valence-electron chi connectivity index (χ3n) is 3.11. The summed E-state index contributed by atoms with van der Waals surface area (Å²) >= 11 is 5.95. The fraction of sp³-hybridized carbons (Fsp3) is 0.462. The summed E-state index contributed by atoms with van der Waals surface area (Å²) in [5, 5.41) is 0.733. The molecule has 92 valence electrons. The van der Waals surface area contributed by atoms with Crippen LogP contribution in [0.5, 0.6) is 0 Å². The van der Waals surface area contributed by atoms with Crippen molar-refractivity contribution in [2.75, 3.05) is 13.7 Å². The van der Waals surface area contributed by atoms with Crippen molar-refractivity contribution in [2.24, 2.45) is 0 Å². The number of carbonyl (C=O) groups is 1. The third kappa shape index (κ3) is 2.99. The van der Waals surface area contributed by atoms with Crippen molar-refractivity contribution >= 4 is 17.6 Å². The van der Waals surface area contributed by atoms with Gasteiger partial charge in [0.25, 0.3) is 0 Å². The summed E-state index contributed by atoms with van der Waals surface area (Å²) in [4.78, 5) is 13.7. The van der Waals surface area contributed by atoms with E-state index in [2.05, 4.69) is 4.90 Å². The maximum atomic E-state index is 11.6. The molecule has 0 spiro atoms. The molecule has 3 nitrogen and oxygen atoms in total. The number of halogens is 1. The van der Waals surface area contributed by atoms with Crippen molar-refractivity contribution in [3.05, 3.63) is 34.9 Å². The van der Waals surface area contributed by atoms with E-state index >= 15 is 0 Å². The number of nitrogens with zero attached hydrogens (tertiary/aromatic N) is 1. The zero-order valence-corrected chi connectivity index (χ0v) is 10.6. The Labute approximate surface area is 106 Å². The highest BCUT2D eigenvalue weighted by atomic mass is 35.5. The Balaban J connectivity index is 2.05. The van der Waals surface area contributed by atoms with Crippen LogP contribution in [0.2, 0.25) is 5.02 Å². The Morgan fingerprint density at radius 2 is 2.41 bits per heavy atom. The Kier molecular flexibility index (Phi) is 4.02. The lowest BCUT2D eigenvalue weighted by Gasteiger charge is -2.22. The van der Waals surface area contributed by atoms with Crippen LogP contribution in [0.3, 0.4) is 0 Å². The van der Waals surface area contributed by atoms with Crippen LogP contribution in [0, 0.1) is 0 Å². The minimum absolute atomic E-state index is 0.0982. The van der Waals surface area contributed by atoms with Crippen LogP contribution in [0.15, 0.2) is 24.3 Å². The monoisotopic (exact) mass is 253 g/mol. The van der Waals surface area contributed by atoms with E-state index in [0.29, 0.717) is 0 Å². The minimum atomic E-state index is -0.135. The van der Waals surface area contributed by atoms with E-state index in [1.54, 1.807) is 0 Å². The summed E-state index contributed by atoms with van der Waals surface area (Å²) in [6, 6.07) is 7.65. The van der Waals surface area contributed by atoms with E-state index in [4.69, 9.17) is 16.3 Å². The van der Waals surface area contributed by atoms with Crippen LogP contribution in [-0.2, 0) is 16.1 Å². The maximum Gasteiger partial charge on any atom is 0.323 e. The number of rotatable bonds is 3. The van der Waals surface area contributed by atoms with Crippen LogP contribution >= 0.6 is 11.6 Å². The Morgan fingerprint density at radius 1 is 1.59 bits per heavy atom. The predicted molar refractivity (Wildman–Crippen MR) is 66.9 cm³/mol. The van der Waals surface area contributed by atoms with E-state index in [1.165, 1.54) is 7.11 Å². The second kappa shape index (κ2) is 5.52. The van der Waals surface area contributed by atoms with Gasteiger partial charge in [-0.2, -0.15) is 0 Å². The number of hydrogen-bond donors (Lipinski definition) is 0. The molecule has 0 aromatic heterocycles. The van der Waals surface area contributed by atoms with Crippen LogP contribution < -0.4 is 0 Å². The highest BCUT2D eigenvalue weighted by molar-refractivity contribution is 6.30. The Bertz CT molecular complexity index is 408. The van der Waals surface area contributed by atoms with Crippen molar-refractivity contribution < 1.29 is 9.53 Å². The first kappa shape index (κ1) is 12.4. The summed E-state index contributed by atoms with van der Waals surface area (Å²) in [6.07, 6.45) is 1.92. The molecule has 0 bridgehead atoms. The van der Waals surface area contributed by atoms with Crippen LogP contribution in [0.1, 0.15) is 18.4 Å². The summed E-state index contributed by atoms with van der Waals surface area (Å²) in [5.41, 5.74) is 1.13. The molecule has 1 atom stereocenters. The fourth-order valence-electron chi connectivity index (χ4n) is 2.29. The molecule has 4 heteroatoms. The average molecular weight is 254 g/mol. The molecule has 0 amide bonds. The molecule has 0 aliphatic carbocycles. The van der Waals surface area contributed by atoms with E-state index in [9.17, 15) is 4.79 Å². The quantitative estimate of drug-likeness (QED) is 0.775. The molecule has 1 unspecified atom stereocenters. The number of benzene rings is 1. The lowest BCUT2D eigenvalue weighted by Crippen LogP contribution is -2.36. The van der Waals surface area contributed by atoms with Gasteiger partial charge < -0.3 is 4.74 Å². The van der Waals surface area contributed by atoms with Gasteiger partial charge >= 0.3 is 5.97 Å². The second-order valence-electron chi connectivity index (χ2n) is 4.28. The number of hydrogen-bond acceptors (Lipinski definition) is 3. The predicted octanol–water partition coefficient (Wildman–Crippen LogP) is 2.48. The molecule has 1 saturated heterocycles. The van der Waals surface area contributed by atoms with Gasteiger partial charge in [-0.05, 0) is 37.1 Å². The number of methoxy groups -OCH3 is 1. The molecule has 0 radical (unpaired) electrons. The first-order chi connectivity index (χ1) is 8.20. The lowest BCUT2D eigenvalue weighted by molar-refractivity contribution is -0.146. The third-order valence-corrected chi connectivity index (χ3v) is 3.35. The average Bonchev–Trinajstić information content (AvgIpc) is 2.76. The van der Waals surface area contributed by atoms with Crippen molar-refractivity contribution in [3.63, 3.8) is 0 Å². The van der Waals surface area contributed by atoms with Crippen LogP contribution in [0.25, 0.3) is 0 Å². The number of likely N-dealkylation sites (tertiary alicyclic amines) is 1. The highest BCUT2D eigenvalue weighted by Gasteiger charge is 2.31. The normalized spacial score (nSPS) is 20.5. The maximum absolute atomic E-state index is 11.6. The first-order valence-corrected chi connectivity index (χ1v) is 6.15. The molecular formula is C13H16ClNO2. The number of carbonyl (C=O) groups excluding carboxylic acids is 1. The van der Waals surface area contributed by atoms with Gasteiger partial charge in [-0.1, -0.05) is 23.7 Å². The molecule has 0 saturated carbocycles. The van der Waals surface area contributed by atoms with Crippen LogP contribution in [0.4, 0.5) is 0 Å². The molecule has 1 aromatic carbocycles. The Hall–Kier alpha value is -1.06. The minimum Gasteiger partial charge on any atom is -0.468 e. The van der Waals surface area contributed by atoms with Gasteiger partial charge in [0.2, 0.25) is 0 Å². The number of esters is 1. The summed E-state index contributed by atoms with van der Waals surface area (Å²) in [5.74, 6) is -0.135. The van der Waals surface area contributed by atoms with Gasteiger partial charge in [-0.15, -0.1) is 0 Å². The van der Waals surface area contributed by atoms with Crippen LogP contribution in [-0.4, -0.2) is 30.6 Å². The largest absolute Gasteiger partial charge is 0.468 e. The molecule has 1 aromatic rings. The van der Waals surface area contributed by atoms with Gasteiger partial charge in [0.15, 0.2) is 0 Å². The molecule has 1 heterocycles. The van der Waals surface area contributed by atoms with E-state index in [1.807, 2.05) is 24.3 Å². The second-order valence-corrected chi connectivity index (χ2v) is 4.72. The van der Waals surface area contributed by atoms with Crippen molar-refractivity contribution in [2.45, 2.75) is 25.4 Å². The molecule has 1 aliphatic rings. The molecule has 2 rings (SSSR count). The fourth-order valence-corrected chi connectivity index (χ4v) is 2.50. The molecular weight excluding hydrogens is 238 g/mol. The molecule has 17 heavy (non-hydrogen) atoms. The summed E-state index contributed by atoms with van der Waals surface area (Å²) in [7, 11) is 1.44. The van der Waals surface area contributed by atoms with Gasteiger partial charge in [0.1, 0.15) is 6.04 Å². The Morgan fingerprint density at radius 3 is 3.12 bits per heavy atom. The topological polar surface area (TPSA) is 29.5 Å². The molecule has 1 fully saturated rings. The van der Waals surface area contributed by atoms with Crippen molar-refractivity contribution in [1.29, 1.82) is 0 Å². The lowest BCUT2D eigenvalue weighted by atomic mass is 10.2. The summed E-state index contributed by atoms with van der Waals surface area (Å²) in [6.45, 7) is 1.69. The first-order valence-electron chi connectivity index (χ1n) is 5.77. The molecule has 1 aliphatic heterocycles. The standard InChI is InChI=1S/C13H16ClNO2/c1-17-13(16)12-6-3-7-15(12)9-10-4-2-5-11(14)8-10/h2,4-5,8,12H,3,6-7,9H2,1H3. The smallest absolute Gasteiger partial charge is 0.323 e. The van der Waals surface area contributed by atoms with E-state index in [-0.39, 0.29) is 12.0 Å². The van der Waals surface area contributed by atoms with Crippen molar-refractivity contribution in [3.8, 4) is 0 Å². The SMILES string of the molecule is COC(=O)C1CCCN1Cc1cccc(Cl)c1. The summed E-state index contributed by atoms with van der Waals surface area (Å²) < 4.78 is 4.82. The van der Waals surface area contributed by atoms with Gasteiger partial charge in [-0.3, -0.25) is 9.69 Å². The van der Waals surface area contributed by atoms with E-state index < -0.39 is 0 Å². The van der Waals surface area contributed by atoms with Crippen molar-refractivity contribution in [1.82, 2.24) is 4.90 Å². The van der Waals surface area contributed by atoms with Gasteiger partial charge in [0, 0.05) is 11.6 Å². The zero-order valence-electron chi connectivity index (χ0n) is 9.86. The van der Waals surface area contributed by atoms with E-state index in [0.717, 1.165) is 36.5 Å². The highest BCUT2D eigenvalue weighted by Crippen LogP contribution is 2.22. The van der Waals surface area contributed by atoms with Gasteiger partial charge in [0.05, 0.1) is 7.11 Å². The zero-order chi connectivity index (χ0) is 12.3.